The summed E-state index contributed by atoms with van der Waals surface area (Å²) in [4.78, 5) is 22.5. The Morgan fingerprint density at radius 1 is 1.32 bits per heavy atom. The van der Waals surface area contributed by atoms with Gasteiger partial charge in [0.1, 0.15) is 6.04 Å². The topological polar surface area (TPSA) is 110 Å². The largest absolute Gasteiger partial charge is 0.480 e. The molecule has 0 spiro atoms. The van der Waals surface area contributed by atoms with E-state index in [-0.39, 0.29) is 5.56 Å². The lowest BCUT2D eigenvalue weighted by Crippen LogP contribution is -2.44. The van der Waals surface area contributed by atoms with Crippen molar-refractivity contribution in [2.24, 2.45) is 5.92 Å². The number of nitrogens with one attached hydrogen (secondary N) is 1. The van der Waals surface area contributed by atoms with E-state index in [1.54, 1.807) is 13.8 Å². The molecule has 1 atom stereocenters. The van der Waals surface area contributed by atoms with Crippen LogP contribution in [0.4, 0.5) is 0 Å². The number of methoxy groups -OCH3 is 1. The standard InChI is InChI=1S/C14H19NO6S/c1-9(2)12(13(16)17)15-22(19,20)8-10-5-4-6-11(7-10)14(18)21-3/h4-7,9,12,15H,8H2,1-3H3,(H,16,17). The van der Waals surface area contributed by atoms with E-state index in [9.17, 15) is 18.0 Å². The third kappa shape index (κ3) is 5.12. The highest BCUT2D eigenvalue weighted by Crippen LogP contribution is 2.11. The average molecular weight is 329 g/mol. The average Bonchev–Trinajstić information content (AvgIpc) is 2.43. The number of hydrogen-bond acceptors (Lipinski definition) is 5. The molecule has 1 unspecified atom stereocenters. The first-order chi connectivity index (χ1) is 10.2. The third-order valence-electron chi connectivity index (χ3n) is 2.94. The minimum absolute atomic E-state index is 0.230. The Labute approximate surface area is 129 Å². The molecule has 122 valence electrons. The van der Waals surface area contributed by atoms with Crippen molar-refractivity contribution in [1.82, 2.24) is 4.72 Å². The van der Waals surface area contributed by atoms with Crippen molar-refractivity contribution >= 4 is 22.0 Å². The van der Waals surface area contributed by atoms with E-state index < -0.39 is 39.7 Å². The van der Waals surface area contributed by atoms with Gasteiger partial charge in [-0.2, -0.15) is 0 Å². The Bertz CT molecular complexity index is 653. The van der Waals surface area contributed by atoms with Gasteiger partial charge >= 0.3 is 11.9 Å². The number of sulfonamides is 1. The quantitative estimate of drug-likeness (QED) is 0.722. The second-order valence-electron chi connectivity index (χ2n) is 5.13. The van der Waals surface area contributed by atoms with Gasteiger partial charge in [0.15, 0.2) is 0 Å². The molecule has 0 radical (unpaired) electrons. The van der Waals surface area contributed by atoms with Crippen LogP contribution in [0.25, 0.3) is 0 Å². The highest BCUT2D eigenvalue weighted by Gasteiger charge is 2.27. The molecule has 22 heavy (non-hydrogen) atoms. The van der Waals surface area contributed by atoms with Crippen LogP contribution in [-0.4, -0.2) is 38.6 Å². The summed E-state index contributed by atoms with van der Waals surface area (Å²) in [6.07, 6.45) is 0. The summed E-state index contributed by atoms with van der Waals surface area (Å²) in [5.74, 6) is -2.62. The Kier molecular flexibility index (Phi) is 6.07. The molecular weight excluding hydrogens is 310 g/mol. The fourth-order valence-electron chi connectivity index (χ4n) is 1.83. The summed E-state index contributed by atoms with van der Waals surface area (Å²) in [5, 5.41) is 9.03. The van der Waals surface area contributed by atoms with Crippen LogP contribution in [0.3, 0.4) is 0 Å². The van der Waals surface area contributed by atoms with Gasteiger partial charge in [-0.15, -0.1) is 0 Å². The number of rotatable bonds is 7. The molecule has 0 heterocycles. The van der Waals surface area contributed by atoms with Crippen LogP contribution >= 0.6 is 0 Å². The van der Waals surface area contributed by atoms with Crippen LogP contribution in [0.1, 0.15) is 29.8 Å². The van der Waals surface area contributed by atoms with Crippen molar-refractivity contribution in [1.29, 1.82) is 0 Å². The van der Waals surface area contributed by atoms with Gasteiger partial charge in [0.25, 0.3) is 0 Å². The first-order valence-corrected chi connectivity index (χ1v) is 8.21. The molecule has 0 aliphatic carbocycles. The lowest BCUT2D eigenvalue weighted by Gasteiger charge is -2.18. The molecule has 0 aliphatic heterocycles. The fourth-order valence-corrected chi connectivity index (χ4v) is 3.29. The van der Waals surface area contributed by atoms with Gasteiger partial charge in [-0.25, -0.2) is 17.9 Å². The molecule has 1 aromatic rings. The van der Waals surface area contributed by atoms with Gasteiger partial charge in [0.05, 0.1) is 18.4 Å². The number of ether oxygens (including phenoxy) is 1. The van der Waals surface area contributed by atoms with Crippen LogP contribution in [0.2, 0.25) is 0 Å². The molecule has 1 rings (SSSR count). The second-order valence-corrected chi connectivity index (χ2v) is 6.88. The molecule has 0 aromatic heterocycles. The number of carboxylic acid groups (broad SMARTS) is 1. The van der Waals surface area contributed by atoms with Crippen LogP contribution < -0.4 is 4.72 Å². The Morgan fingerprint density at radius 2 is 1.95 bits per heavy atom. The molecule has 1 aromatic carbocycles. The van der Waals surface area contributed by atoms with Crippen molar-refractivity contribution < 1.29 is 27.9 Å². The molecule has 7 nitrogen and oxygen atoms in total. The van der Waals surface area contributed by atoms with E-state index in [1.807, 2.05) is 0 Å². The summed E-state index contributed by atoms with van der Waals surface area (Å²) in [7, 11) is -2.63. The molecule has 0 saturated carbocycles. The first kappa shape index (κ1) is 18.1. The summed E-state index contributed by atoms with van der Waals surface area (Å²) in [6, 6.07) is 4.78. The zero-order chi connectivity index (χ0) is 16.9. The summed E-state index contributed by atoms with van der Waals surface area (Å²) in [6.45, 7) is 3.22. The zero-order valence-electron chi connectivity index (χ0n) is 12.6. The van der Waals surface area contributed by atoms with Crippen molar-refractivity contribution in [2.45, 2.75) is 25.6 Å². The normalized spacial score (nSPS) is 12.9. The highest BCUT2D eigenvalue weighted by atomic mass is 32.2. The van der Waals surface area contributed by atoms with Crippen LogP contribution in [0.15, 0.2) is 24.3 Å². The summed E-state index contributed by atoms with van der Waals surface area (Å²) >= 11 is 0. The highest BCUT2D eigenvalue weighted by molar-refractivity contribution is 7.88. The molecule has 0 aliphatic rings. The minimum Gasteiger partial charge on any atom is -0.480 e. The Hall–Kier alpha value is -1.93. The summed E-state index contributed by atoms with van der Waals surface area (Å²) in [5.41, 5.74) is 0.595. The van der Waals surface area contributed by atoms with Gasteiger partial charge in [0, 0.05) is 0 Å². The van der Waals surface area contributed by atoms with Crippen LogP contribution in [-0.2, 0) is 25.3 Å². The van der Waals surface area contributed by atoms with E-state index in [2.05, 4.69) is 9.46 Å². The lowest BCUT2D eigenvalue weighted by molar-refractivity contribution is -0.140. The van der Waals surface area contributed by atoms with Crippen molar-refractivity contribution in [3.63, 3.8) is 0 Å². The predicted molar refractivity (Wildman–Crippen MR) is 79.8 cm³/mol. The maximum Gasteiger partial charge on any atom is 0.337 e. The summed E-state index contributed by atoms with van der Waals surface area (Å²) < 4.78 is 30.9. The molecular formula is C14H19NO6S. The number of hydrogen-bond donors (Lipinski definition) is 2. The monoisotopic (exact) mass is 329 g/mol. The minimum atomic E-state index is -3.86. The maximum atomic E-state index is 12.1. The van der Waals surface area contributed by atoms with Gasteiger partial charge in [-0.3, -0.25) is 4.79 Å². The van der Waals surface area contributed by atoms with Crippen molar-refractivity contribution in [2.75, 3.05) is 7.11 Å². The first-order valence-electron chi connectivity index (χ1n) is 6.56. The smallest absolute Gasteiger partial charge is 0.337 e. The van der Waals surface area contributed by atoms with Gasteiger partial charge in [-0.05, 0) is 23.6 Å². The fraction of sp³-hybridized carbons (Fsp3) is 0.429. The van der Waals surface area contributed by atoms with E-state index in [1.165, 1.54) is 31.4 Å². The van der Waals surface area contributed by atoms with Crippen LogP contribution in [0.5, 0.6) is 0 Å². The van der Waals surface area contributed by atoms with Crippen LogP contribution in [0, 0.1) is 5.92 Å². The van der Waals surface area contributed by atoms with E-state index in [0.29, 0.717) is 5.56 Å². The van der Waals surface area contributed by atoms with E-state index >= 15 is 0 Å². The number of carbonyl (C=O) groups excluding carboxylic acids is 1. The number of carbonyl (C=O) groups is 2. The Balaban J connectivity index is 2.93. The third-order valence-corrected chi connectivity index (χ3v) is 4.27. The number of carboxylic acids is 1. The number of benzene rings is 1. The van der Waals surface area contributed by atoms with Gasteiger partial charge in [-0.1, -0.05) is 26.0 Å². The van der Waals surface area contributed by atoms with Crippen molar-refractivity contribution in [3.8, 4) is 0 Å². The number of aliphatic carboxylic acids is 1. The van der Waals surface area contributed by atoms with Gasteiger partial charge < -0.3 is 9.84 Å². The van der Waals surface area contributed by atoms with Gasteiger partial charge in [0.2, 0.25) is 10.0 Å². The van der Waals surface area contributed by atoms with E-state index in [4.69, 9.17) is 5.11 Å². The predicted octanol–water partition coefficient (Wildman–Crippen LogP) is 1.00. The number of esters is 1. The molecule has 0 bridgehead atoms. The second kappa shape index (κ2) is 7.37. The molecule has 0 fully saturated rings. The zero-order valence-corrected chi connectivity index (χ0v) is 13.4. The van der Waals surface area contributed by atoms with E-state index in [0.717, 1.165) is 0 Å². The maximum absolute atomic E-state index is 12.1. The van der Waals surface area contributed by atoms with Crippen molar-refractivity contribution in [3.05, 3.63) is 35.4 Å². The Morgan fingerprint density at radius 3 is 2.45 bits per heavy atom. The lowest BCUT2D eigenvalue weighted by atomic mass is 10.1. The molecule has 0 saturated heterocycles. The molecule has 2 N–H and O–H groups in total. The SMILES string of the molecule is COC(=O)c1cccc(CS(=O)(=O)NC(C(=O)O)C(C)C)c1. The molecule has 8 heteroatoms. The molecule has 0 amide bonds.